The number of hydrogen-bond donors (Lipinski definition) is 11. The Morgan fingerprint density at radius 3 is 1.94 bits per heavy atom. The molecule has 3 aromatic rings. The van der Waals surface area contributed by atoms with Gasteiger partial charge in [-0.3, -0.25) is 43.2 Å². The normalized spacial score (nSPS) is 21.1. The number of nitrogens with zero attached hydrogens (tertiary/aromatic N) is 1. The van der Waals surface area contributed by atoms with Crippen molar-refractivity contribution in [1.29, 1.82) is 0 Å². The number of nitrogens with one attached hydrogen (secondary N) is 7. The van der Waals surface area contributed by atoms with E-state index in [-0.39, 0.29) is 25.1 Å². The smallest absolute Gasteiger partial charge is 0.305 e. The Hall–Kier alpha value is -6.55. The molecule has 0 aliphatic carbocycles. The van der Waals surface area contributed by atoms with Gasteiger partial charge in [0.2, 0.25) is 41.4 Å². The van der Waals surface area contributed by atoms with Gasteiger partial charge in [-0.1, -0.05) is 56.7 Å². The van der Waals surface area contributed by atoms with E-state index in [9.17, 15) is 53.4 Å². The summed E-state index contributed by atoms with van der Waals surface area (Å²) in [6.07, 6.45) is 0.431. The maximum Gasteiger partial charge on any atom is 0.305 e. The molecule has 358 valence electrons. The molecule has 0 spiro atoms. The van der Waals surface area contributed by atoms with E-state index in [1.807, 2.05) is 48.5 Å². The van der Waals surface area contributed by atoms with Gasteiger partial charge in [0.15, 0.2) is 0 Å². The average Bonchev–Trinajstić information content (AvgIpc) is 3.27. The van der Waals surface area contributed by atoms with E-state index in [0.717, 1.165) is 39.3 Å². The molecule has 1 fully saturated rings. The van der Waals surface area contributed by atoms with Crippen LogP contribution in [0.4, 0.5) is 5.69 Å². The predicted octanol–water partition coefficient (Wildman–Crippen LogP) is 0.236. The lowest BCUT2D eigenvalue weighted by Gasteiger charge is -2.29. The summed E-state index contributed by atoms with van der Waals surface area (Å²) < 4.78 is 0. The number of benzene rings is 2. The topological polar surface area (TPSA) is 343 Å². The van der Waals surface area contributed by atoms with E-state index in [0.29, 0.717) is 38.6 Å². The SMILES string of the molecule is CC[C@H](C)[C@@H]1NC(=O)[C@H](CC(=O)O)NC(=O)[C@H](CC(=O)O)NC(=O)CSC[C@@H](C(=O)N[C@@H](CCCCNc2c3ccccc3nc3ccccc23)C(N)=O)NC(=O)[C@H](CCCCN)NC1=O. The number of aliphatic carboxylic acids is 2. The molecule has 7 atom stereocenters. The van der Waals surface area contributed by atoms with E-state index in [1.165, 1.54) is 0 Å². The largest absolute Gasteiger partial charge is 0.481 e. The number of aromatic nitrogens is 1. The molecule has 0 radical (unpaired) electrons. The van der Waals surface area contributed by atoms with Gasteiger partial charge in [-0.2, -0.15) is 0 Å². The first-order chi connectivity index (χ1) is 31.5. The van der Waals surface area contributed by atoms with Gasteiger partial charge in [0.25, 0.3) is 0 Å². The third-order valence-corrected chi connectivity index (χ3v) is 12.1. The number of carboxylic acid groups (broad SMARTS) is 2. The van der Waals surface area contributed by atoms with Crippen LogP contribution < -0.4 is 48.7 Å². The fourth-order valence-electron chi connectivity index (χ4n) is 7.25. The minimum atomic E-state index is -1.80. The lowest BCUT2D eigenvalue weighted by atomic mass is 9.96. The molecule has 1 aromatic heterocycles. The van der Waals surface area contributed by atoms with Crippen LogP contribution >= 0.6 is 11.8 Å². The van der Waals surface area contributed by atoms with Crippen molar-refractivity contribution in [3.63, 3.8) is 0 Å². The van der Waals surface area contributed by atoms with Crippen LogP contribution in [0.3, 0.4) is 0 Å². The zero-order chi connectivity index (χ0) is 48.3. The van der Waals surface area contributed by atoms with Crippen molar-refractivity contribution in [1.82, 2.24) is 36.9 Å². The van der Waals surface area contributed by atoms with Gasteiger partial charge < -0.3 is 58.9 Å². The number of carboxylic acids is 2. The number of anilines is 1. The van der Waals surface area contributed by atoms with Gasteiger partial charge >= 0.3 is 11.9 Å². The molecule has 7 amide bonds. The summed E-state index contributed by atoms with van der Waals surface area (Å²) in [6.45, 7) is 4.12. The Labute approximate surface area is 385 Å². The number of carbonyl (C=O) groups excluding carboxylic acids is 7. The molecule has 0 unspecified atom stereocenters. The number of pyridine rings is 1. The molecule has 2 heterocycles. The molecule has 4 rings (SSSR count). The van der Waals surface area contributed by atoms with E-state index in [2.05, 4.69) is 37.2 Å². The number of unbranched alkanes of at least 4 members (excludes halogenated alkanes) is 2. The van der Waals surface area contributed by atoms with Gasteiger partial charge in [0.05, 0.1) is 35.3 Å². The Balaban J connectivity index is 1.56. The summed E-state index contributed by atoms with van der Waals surface area (Å²) in [5.74, 6) is -10.8. The molecule has 0 saturated carbocycles. The molecule has 1 aliphatic rings. The van der Waals surface area contributed by atoms with Crippen LogP contribution in [0, 0.1) is 5.92 Å². The van der Waals surface area contributed by atoms with E-state index >= 15 is 0 Å². The molecular formula is C44H60N10O11S. The van der Waals surface area contributed by atoms with Crippen molar-refractivity contribution >= 4 is 92.5 Å². The quantitative estimate of drug-likeness (QED) is 0.0567. The number of fused-ring (bicyclic) bond motifs is 2. The van der Waals surface area contributed by atoms with E-state index in [4.69, 9.17) is 16.5 Å². The molecule has 22 heteroatoms. The number of nitrogens with two attached hydrogens (primary N) is 2. The van der Waals surface area contributed by atoms with Crippen LogP contribution in [-0.2, 0) is 43.2 Å². The van der Waals surface area contributed by atoms with Crippen LogP contribution in [0.5, 0.6) is 0 Å². The van der Waals surface area contributed by atoms with Gasteiger partial charge in [0.1, 0.15) is 36.3 Å². The van der Waals surface area contributed by atoms with E-state index in [1.54, 1.807) is 13.8 Å². The standard InChI is InChI=1S/C44H60N10O11S/c1-3-24(2)37-44(65)51-30(17-8-10-18-45)40(61)53-33(22-66-23-34(55)49-31(20-35(56)57)41(62)52-32(21-36(58)59)42(63)54-37)43(64)50-29(39(46)60)16-9-11-19-47-38-25-12-4-6-14-27(25)48-28-15-7-5-13-26(28)38/h4-7,12-15,24,29-33,37H,3,8-11,16-23,45H2,1-2H3,(H2,46,60)(H,47,48)(H,49,55)(H,50,64)(H,51,65)(H,52,62)(H,53,61)(H,54,63)(H,56,57)(H,58,59)/t24-,29-,30-,31-,32-,33-,37-/m0/s1. The second-order valence-corrected chi connectivity index (χ2v) is 17.1. The van der Waals surface area contributed by atoms with Gasteiger partial charge in [0, 0.05) is 23.1 Å². The van der Waals surface area contributed by atoms with Crippen molar-refractivity contribution in [2.24, 2.45) is 17.4 Å². The van der Waals surface area contributed by atoms with Gasteiger partial charge in [-0.25, -0.2) is 4.98 Å². The van der Waals surface area contributed by atoms with Crippen molar-refractivity contribution in [3.8, 4) is 0 Å². The third-order valence-electron chi connectivity index (χ3n) is 11.0. The number of primary amides is 1. The zero-order valence-electron chi connectivity index (χ0n) is 36.9. The minimum absolute atomic E-state index is 0.0471. The molecule has 66 heavy (non-hydrogen) atoms. The van der Waals surface area contributed by atoms with Gasteiger partial charge in [-0.15, -0.1) is 11.8 Å². The van der Waals surface area contributed by atoms with Crippen LogP contribution in [-0.4, -0.2) is 129 Å². The van der Waals surface area contributed by atoms with Crippen molar-refractivity contribution in [3.05, 3.63) is 48.5 Å². The van der Waals surface area contributed by atoms with Crippen molar-refractivity contribution in [2.75, 3.05) is 29.9 Å². The highest BCUT2D eigenvalue weighted by Crippen LogP contribution is 2.30. The Bertz CT molecular complexity index is 2190. The minimum Gasteiger partial charge on any atom is -0.481 e. The summed E-state index contributed by atoms with van der Waals surface area (Å²) in [5, 5.41) is 39.3. The van der Waals surface area contributed by atoms with Crippen molar-refractivity contribution in [2.45, 2.75) is 108 Å². The summed E-state index contributed by atoms with van der Waals surface area (Å²) in [4.78, 5) is 123. The van der Waals surface area contributed by atoms with Crippen LogP contribution in [0.15, 0.2) is 48.5 Å². The highest BCUT2D eigenvalue weighted by Gasteiger charge is 2.36. The maximum atomic E-state index is 14.1. The van der Waals surface area contributed by atoms with Gasteiger partial charge in [-0.05, 0) is 63.1 Å². The Morgan fingerprint density at radius 2 is 1.35 bits per heavy atom. The summed E-state index contributed by atoms with van der Waals surface area (Å²) in [7, 11) is 0. The maximum absolute atomic E-state index is 14.1. The highest BCUT2D eigenvalue weighted by molar-refractivity contribution is 8.00. The van der Waals surface area contributed by atoms with Crippen LogP contribution in [0.1, 0.15) is 71.6 Å². The van der Waals surface area contributed by atoms with Crippen LogP contribution in [0.2, 0.25) is 0 Å². The summed E-state index contributed by atoms with van der Waals surface area (Å²) in [6, 6.07) is 6.69. The Kier molecular flexibility index (Phi) is 20.4. The van der Waals surface area contributed by atoms with E-state index < -0.39 is 114 Å². The first-order valence-electron chi connectivity index (χ1n) is 21.9. The number of para-hydroxylation sites is 2. The number of amides is 7. The second kappa shape index (κ2) is 25.8. The third kappa shape index (κ3) is 15.6. The molecule has 2 aromatic carbocycles. The molecule has 0 bridgehead atoms. The fraction of sp³-hybridized carbons (Fsp3) is 0.500. The van der Waals surface area contributed by atoms with Crippen LogP contribution in [0.25, 0.3) is 21.8 Å². The molecule has 21 nitrogen and oxygen atoms in total. The lowest BCUT2D eigenvalue weighted by molar-refractivity contribution is -0.143. The number of rotatable bonds is 19. The first kappa shape index (κ1) is 52.1. The molecule has 1 saturated heterocycles. The zero-order valence-corrected chi connectivity index (χ0v) is 37.7. The Morgan fingerprint density at radius 1 is 0.773 bits per heavy atom. The number of hydrogen-bond acceptors (Lipinski definition) is 13. The average molecular weight is 937 g/mol. The number of carbonyl (C=O) groups is 9. The predicted molar refractivity (Wildman–Crippen MR) is 247 cm³/mol. The fourth-order valence-corrected chi connectivity index (χ4v) is 8.11. The summed E-state index contributed by atoms with van der Waals surface area (Å²) >= 11 is 0.823. The van der Waals surface area contributed by atoms with Crippen molar-refractivity contribution < 1.29 is 53.4 Å². The molecule has 1 aliphatic heterocycles. The molecule has 13 N–H and O–H groups in total. The summed E-state index contributed by atoms with van der Waals surface area (Å²) in [5.41, 5.74) is 14.0. The first-order valence-corrected chi connectivity index (χ1v) is 23.0. The lowest BCUT2D eigenvalue weighted by Crippen LogP contribution is -2.61. The highest BCUT2D eigenvalue weighted by atomic mass is 32.2. The number of thioether (sulfide) groups is 1. The monoisotopic (exact) mass is 936 g/mol. The molecular weight excluding hydrogens is 877 g/mol. The second-order valence-electron chi connectivity index (χ2n) is 16.1.